The zero-order valence-electron chi connectivity index (χ0n) is 9.98. The number of carbonyl (C=O) groups is 1. The molecule has 0 spiro atoms. The lowest BCUT2D eigenvalue weighted by molar-refractivity contribution is -0.141. The Bertz CT molecular complexity index is 550. The Morgan fingerprint density at radius 1 is 1.53 bits per heavy atom. The molecular formula is C12H14N2O2S. The maximum atomic E-state index is 11.3. The topological polar surface area (TPSA) is 51.2 Å². The van der Waals surface area contributed by atoms with Crippen molar-refractivity contribution in [2.24, 2.45) is 0 Å². The number of thiazole rings is 1. The van der Waals surface area contributed by atoms with Crippen LogP contribution in [0.1, 0.15) is 12.5 Å². The highest BCUT2D eigenvalue weighted by Gasteiger charge is 2.14. The van der Waals surface area contributed by atoms with Crippen LogP contribution < -0.4 is 5.32 Å². The van der Waals surface area contributed by atoms with Gasteiger partial charge in [-0.2, -0.15) is 0 Å². The van der Waals surface area contributed by atoms with Gasteiger partial charge in [-0.1, -0.05) is 17.4 Å². The summed E-state index contributed by atoms with van der Waals surface area (Å²) in [4.78, 5) is 15.7. The first-order valence-corrected chi connectivity index (χ1v) is 6.13. The Hall–Kier alpha value is -1.62. The number of benzene rings is 1. The standard InChI is InChI=1S/C12H14N2O2S/c1-7-4-5-10-9(6-7)14-12(17-10)13-8(2)11(15)16-3/h4-6,8H,1-3H3,(H,13,14). The Labute approximate surface area is 104 Å². The molecule has 0 aliphatic rings. The van der Waals surface area contributed by atoms with E-state index in [0.29, 0.717) is 0 Å². The quantitative estimate of drug-likeness (QED) is 0.851. The van der Waals surface area contributed by atoms with Crippen LogP contribution in [0.15, 0.2) is 18.2 Å². The third kappa shape index (κ3) is 2.55. The van der Waals surface area contributed by atoms with Gasteiger partial charge in [0.05, 0.1) is 17.3 Å². The number of methoxy groups -OCH3 is 1. The van der Waals surface area contributed by atoms with Gasteiger partial charge in [-0.3, -0.25) is 0 Å². The molecule has 17 heavy (non-hydrogen) atoms. The average Bonchev–Trinajstić information content (AvgIpc) is 2.69. The zero-order chi connectivity index (χ0) is 12.4. The maximum Gasteiger partial charge on any atom is 0.328 e. The molecule has 1 aromatic heterocycles. The number of aromatic nitrogens is 1. The minimum atomic E-state index is -0.387. The predicted molar refractivity (Wildman–Crippen MR) is 69.5 cm³/mol. The van der Waals surface area contributed by atoms with Crippen LogP contribution in [0.2, 0.25) is 0 Å². The minimum absolute atomic E-state index is 0.291. The van der Waals surface area contributed by atoms with Crippen molar-refractivity contribution in [3.63, 3.8) is 0 Å². The minimum Gasteiger partial charge on any atom is -0.467 e. The molecule has 1 N–H and O–H groups in total. The van der Waals surface area contributed by atoms with Crippen LogP contribution in [0.25, 0.3) is 10.2 Å². The molecule has 0 aliphatic carbocycles. The molecule has 1 heterocycles. The van der Waals surface area contributed by atoms with Gasteiger partial charge in [-0.05, 0) is 31.5 Å². The van der Waals surface area contributed by atoms with E-state index in [0.717, 1.165) is 15.3 Å². The van der Waals surface area contributed by atoms with Crippen molar-refractivity contribution in [2.45, 2.75) is 19.9 Å². The number of hydrogen-bond donors (Lipinski definition) is 1. The van der Waals surface area contributed by atoms with E-state index in [9.17, 15) is 4.79 Å². The highest BCUT2D eigenvalue weighted by atomic mass is 32.1. The second kappa shape index (κ2) is 4.71. The van der Waals surface area contributed by atoms with E-state index in [1.807, 2.05) is 25.1 Å². The van der Waals surface area contributed by atoms with Crippen molar-refractivity contribution in [1.29, 1.82) is 0 Å². The van der Waals surface area contributed by atoms with Gasteiger partial charge in [0.2, 0.25) is 0 Å². The van der Waals surface area contributed by atoms with E-state index >= 15 is 0 Å². The monoisotopic (exact) mass is 250 g/mol. The van der Waals surface area contributed by atoms with Crippen molar-refractivity contribution in [2.75, 3.05) is 12.4 Å². The van der Waals surface area contributed by atoms with Gasteiger partial charge in [-0.15, -0.1) is 0 Å². The second-order valence-electron chi connectivity index (χ2n) is 3.88. The molecule has 0 saturated heterocycles. The lowest BCUT2D eigenvalue weighted by Gasteiger charge is -2.09. The van der Waals surface area contributed by atoms with Crippen molar-refractivity contribution < 1.29 is 9.53 Å². The van der Waals surface area contributed by atoms with Gasteiger partial charge in [-0.25, -0.2) is 9.78 Å². The van der Waals surface area contributed by atoms with E-state index in [1.54, 1.807) is 6.92 Å². The molecule has 4 nitrogen and oxygen atoms in total. The summed E-state index contributed by atoms with van der Waals surface area (Å²) >= 11 is 1.53. The van der Waals surface area contributed by atoms with Crippen molar-refractivity contribution in [3.05, 3.63) is 23.8 Å². The van der Waals surface area contributed by atoms with Gasteiger partial charge in [0.25, 0.3) is 0 Å². The number of rotatable bonds is 3. The molecule has 5 heteroatoms. The van der Waals surface area contributed by atoms with Crippen molar-refractivity contribution in [3.8, 4) is 0 Å². The number of carbonyl (C=O) groups excluding carboxylic acids is 1. The molecule has 0 aliphatic heterocycles. The van der Waals surface area contributed by atoms with Crippen LogP contribution in [0.3, 0.4) is 0 Å². The van der Waals surface area contributed by atoms with Crippen LogP contribution in [-0.2, 0) is 9.53 Å². The number of hydrogen-bond acceptors (Lipinski definition) is 5. The normalized spacial score (nSPS) is 12.4. The van der Waals surface area contributed by atoms with Gasteiger partial charge in [0, 0.05) is 0 Å². The number of nitrogens with one attached hydrogen (secondary N) is 1. The van der Waals surface area contributed by atoms with Crippen LogP contribution in [0.4, 0.5) is 5.13 Å². The fraction of sp³-hybridized carbons (Fsp3) is 0.333. The van der Waals surface area contributed by atoms with Crippen LogP contribution in [-0.4, -0.2) is 24.1 Å². The zero-order valence-corrected chi connectivity index (χ0v) is 10.8. The molecule has 0 radical (unpaired) electrons. The first-order valence-electron chi connectivity index (χ1n) is 5.31. The Morgan fingerprint density at radius 2 is 2.29 bits per heavy atom. The number of nitrogens with zero attached hydrogens (tertiary/aromatic N) is 1. The smallest absolute Gasteiger partial charge is 0.328 e. The van der Waals surface area contributed by atoms with E-state index in [-0.39, 0.29) is 12.0 Å². The first-order chi connectivity index (χ1) is 8.10. The average molecular weight is 250 g/mol. The third-order valence-electron chi connectivity index (χ3n) is 2.44. The lowest BCUT2D eigenvalue weighted by Crippen LogP contribution is -2.26. The summed E-state index contributed by atoms with van der Waals surface area (Å²) < 4.78 is 5.76. The van der Waals surface area contributed by atoms with Crippen molar-refractivity contribution in [1.82, 2.24) is 4.98 Å². The number of aryl methyl sites for hydroxylation is 1. The number of fused-ring (bicyclic) bond motifs is 1. The van der Waals surface area contributed by atoms with E-state index in [2.05, 4.69) is 15.0 Å². The number of esters is 1. The Balaban J connectivity index is 2.22. The Kier molecular flexibility index (Phi) is 3.28. The maximum absolute atomic E-state index is 11.3. The fourth-order valence-corrected chi connectivity index (χ4v) is 2.45. The Morgan fingerprint density at radius 3 is 3.00 bits per heavy atom. The van der Waals surface area contributed by atoms with Crippen molar-refractivity contribution >= 4 is 32.7 Å². The SMILES string of the molecule is COC(=O)C(C)Nc1nc2cc(C)ccc2s1. The molecule has 90 valence electrons. The molecule has 0 amide bonds. The molecule has 1 aromatic carbocycles. The molecule has 0 fully saturated rings. The van der Waals surface area contributed by atoms with E-state index in [1.165, 1.54) is 24.0 Å². The first kappa shape index (κ1) is 11.9. The van der Waals surface area contributed by atoms with Gasteiger partial charge >= 0.3 is 5.97 Å². The van der Waals surface area contributed by atoms with Gasteiger partial charge < -0.3 is 10.1 Å². The summed E-state index contributed by atoms with van der Waals surface area (Å²) in [6.45, 7) is 3.78. The highest BCUT2D eigenvalue weighted by molar-refractivity contribution is 7.22. The van der Waals surface area contributed by atoms with Crippen LogP contribution in [0, 0.1) is 6.92 Å². The summed E-state index contributed by atoms with van der Waals surface area (Å²) in [6, 6.07) is 5.73. The van der Waals surface area contributed by atoms with Gasteiger partial charge in [0.1, 0.15) is 6.04 Å². The largest absolute Gasteiger partial charge is 0.467 e. The molecule has 2 rings (SSSR count). The molecule has 1 atom stereocenters. The summed E-state index contributed by atoms with van der Waals surface area (Å²) in [5.41, 5.74) is 2.13. The van der Waals surface area contributed by atoms with Gasteiger partial charge in [0.15, 0.2) is 5.13 Å². The second-order valence-corrected chi connectivity index (χ2v) is 4.91. The fourth-order valence-electron chi connectivity index (χ4n) is 1.52. The third-order valence-corrected chi connectivity index (χ3v) is 3.41. The number of anilines is 1. The summed E-state index contributed by atoms with van der Waals surface area (Å²) in [6.07, 6.45) is 0. The molecular weight excluding hydrogens is 236 g/mol. The van der Waals surface area contributed by atoms with E-state index < -0.39 is 0 Å². The summed E-state index contributed by atoms with van der Waals surface area (Å²) in [5.74, 6) is -0.291. The predicted octanol–water partition coefficient (Wildman–Crippen LogP) is 2.58. The number of ether oxygens (including phenoxy) is 1. The lowest BCUT2D eigenvalue weighted by atomic mass is 10.2. The summed E-state index contributed by atoms with van der Waals surface area (Å²) in [5, 5.41) is 3.77. The molecule has 0 bridgehead atoms. The van der Waals surface area contributed by atoms with Crippen LogP contribution in [0.5, 0.6) is 0 Å². The van der Waals surface area contributed by atoms with Crippen LogP contribution >= 0.6 is 11.3 Å². The molecule has 1 unspecified atom stereocenters. The summed E-state index contributed by atoms with van der Waals surface area (Å²) in [7, 11) is 1.38. The van der Waals surface area contributed by atoms with E-state index in [4.69, 9.17) is 0 Å². The molecule has 0 saturated carbocycles. The highest BCUT2D eigenvalue weighted by Crippen LogP contribution is 2.26. The molecule has 2 aromatic rings.